The molecular weight excluding hydrogens is 278 g/mol. The van der Waals surface area contributed by atoms with Gasteiger partial charge in [0.15, 0.2) is 0 Å². The summed E-state index contributed by atoms with van der Waals surface area (Å²) in [5.41, 5.74) is 0. The molecule has 0 saturated carbocycles. The first-order valence-corrected chi connectivity index (χ1v) is 6.98. The molecule has 0 saturated heterocycles. The number of pyridine rings is 1. The number of hydrogen-bond donors (Lipinski definition) is 1. The van der Waals surface area contributed by atoms with E-state index in [4.69, 9.17) is 11.6 Å². The third-order valence-electron chi connectivity index (χ3n) is 2.34. The van der Waals surface area contributed by atoms with Crippen LogP contribution in [0.3, 0.4) is 0 Å². The van der Waals surface area contributed by atoms with Gasteiger partial charge in [0.25, 0.3) is 0 Å². The monoisotopic (exact) mass is 291 g/mol. The van der Waals surface area contributed by atoms with Gasteiger partial charge < -0.3 is 5.32 Å². The Morgan fingerprint density at radius 2 is 2.22 bits per heavy atom. The first-order valence-electron chi connectivity index (χ1n) is 5.16. The van der Waals surface area contributed by atoms with Crippen LogP contribution in [0.1, 0.15) is 6.42 Å². The molecule has 0 aliphatic carbocycles. The van der Waals surface area contributed by atoms with Crippen LogP contribution in [0.2, 0.25) is 5.15 Å². The van der Waals surface area contributed by atoms with Crippen LogP contribution < -0.4 is 5.32 Å². The van der Waals surface area contributed by atoms with Crippen molar-refractivity contribution >= 4 is 27.5 Å². The average Bonchev–Trinajstić information content (AvgIpc) is 2.35. The summed E-state index contributed by atoms with van der Waals surface area (Å²) in [6.07, 6.45) is 1.42. The topological polar surface area (TPSA) is 79.4 Å². The minimum Gasteiger partial charge on any atom is -0.359 e. The smallest absolute Gasteiger partial charge is 0.242 e. The Hall–Kier alpha value is -1.18. The van der Waals surface area contributed by atoms with Crippen LogP contribution in [0.15, 0.2) is 23.2 Å². The largest absolute Gasteiger partial charge is 0.359 e. The highest BCUT2D eigenvalue weighted by Gasteiger charge is 2.21. The van der Waals surface area contributed by atoms with Crippen LogP contribution in [0.25, 0.3) is 0 Å². The fourth-order valence-electron chi connectivity index (χ4n) is 1.23. The summed E-state index contributed by atoms with van der Waals surface area (Å²) >= 11 is 5.65. The van der Waals surface area contributed by atoms with E-state index < -0.39 is 10.0 Å². The molecular formula is C10H14ClN3O3S. The van der Waals surface area contributed by atoms with Gasteiger partial charge in [0.2, 0.25) is 15.9 Å². The molecule has 8 heteroatoms. The zero-order valence-electron chi connectivity index (χ0n) is 10.1. The Bertz CT molecular complexity index is 533. The van der Waals surface area contributed by atoms with E-state index in [1.54, 1.807) is 0 Å². The van der Waals surface area contributed by atoms with Crippen molar-refractivity contribution in [2.75, 3.05) is 20.6 Å². The molecule has 1 heterocycles. The van der Waals surface area contributed by atoms with Crippen molar-refractivity contribution < 1.29 is 13.2 Å². The van der Waals surface area contributed by atoms with E-state index in [0.29, 0.717) is 0 Å². The second-order valence-electron chi connectivity index (χ2n) is 3.56. The summed E-state index contributed by atoms with van der Waals surface area (Å²) in [6.45, 7) is 0.0992. The highest BCUT2D eigenvalue weighted by atomic mass is 35.5. The number of carbonyl (C=O) groups is 1. The molecule has 1 amide bonds. The number of carbonyl (C=O) groups excluding carboxylic acids is 1. The number of nitrogens with zero attached hydrogens (tertiary/aromatic N) is 2. The van der Waals surface area contributed by atoms with Crippen LogP contribution in [-0.2, 0) is 14.8 Å². The zero-order valence-corrected chi connectivity index (χ0v) is 11.6. The van der Waals surface area contributed by atoms with Crippen molar-refractivity contribution in [3.05, 3.63) is 23.5 Å². The second-order valence-corrected chi connectivity index (χ2v) is 6.00. The van der Waals surface area contributed by atoms with Gasteiger partial charge in [-0.15, -0.1) is 0 Å². The predicted molar refractivity (Wildman–Crippen MR) is 67.7 cm³/mol. The van der Waals surface area contributed by atoms with Crippen molar-refractivity contribution in [1.29, 1.82) is 0 Å². The van der Waals surface area contributed by atoms with Gasteiger partial charge in [0.1, 0.15) is 5.15 Å². The van der Waals surface area contributed by atoms with Gasteiger partial charge in [0, 0.05) is 33.3 Å². The van der Waals surface area contributed by atoms with Crippen LogP contribution in [0, 0.1) is 0 Å². The number of amides is 1. The molecule has 1 aromatic rings. The van der Waals surface area contributed by atoms with E-state index >= 15 is 0 Å². The standard InChI is InChI=1S/C10H14ClN3O3S/c1-12-10(15)4-6-14(2)18(16,17)8-3-5-13-9(11)7-8/h3,5,7H,4,6H2,1-2H3,(H,12,15). The Kier molecular flexibility index (Phi) is 5.06. The van der Waals surface area contributed by atoms with Gasteiger partial charge in [-0.1, -0.05) is 11.6 Å². The summed E-state index contributed by atoms with van der Waals surface area (Å²) in [5, 5.41) is 2.54. The molecule has 100 valence electrons. The van der Waals surface area contributed by atoms with Gasteiger partial charge in [-0.3, -0.25) is 4.79 Å². The highest BCUT2D eigenvalue weighted by Crippen LogP contribution is 2.16. The number of hydrogen-bond acceptors (Lipinski definition) is 4. The first-order chi connectivity index (χ1) is 8.37. The number of aromatic nitrogens is 1. The summed E-state index contributed by atoms with van der Waals surface area (Å²) < 4.78 is 25.3. The van der Waals surface area contributed by atoms with Crippen molar-refractivity contribution in [3.8, 4) is 0 Å². The molecule has 0 aromatic carbocycles. The third kappa shape index (κ3) is 3.66. The lowest BCUT2D eigenvalue weighted by atomic mass is 10.4. The molecule has 1 aromatic heterocycles. The molecule has 0 atom stereocenters. The summed E-state index contributed by atoms with van der Waals surface area (Å²) in [6, 6.07) is 2.63. The molecule has 0 bridgehead atoms. The van der Waals surface area contributed by atoms with Crippen molar-refractivity contribution in [2.24, 2.45) is 0 Å². The molecule has 18 heavy (non-hydrogen) atoms. The minimum absolute atomic E-state index is 0.0573. The predicted octanol–water partition coefficient (Wildman–Crippen LogP) is 0.492. The van der Waals surface area contributed by atoms with Crippen LogP contribution in [0.4, 0.5) is 0 Å². The highest BCUT2D eigenvalue weighted by molar-refractivity contribution is 7.89. The number of sulfonamides is 1. The Morgan fingerprint density at radius 1 is 1.56 bits per heavy atom. The Morgan fingerprint density at radius 3 is 2.78 bits per heavy atom. The maximum Gasteiger partial charge on any atom is 0.242 e. The van der Waals surface area contributed by atoms with Crippen molar-refractivity contribution in [3.63, 3.8) is 0 Å². The van der Waals surface area contributed by atoms with Gasteiger partial charge in [-0.2, -0.15) is 0 Å². The minimum atomic E-state index is -3.64. The van der Waals surface area contributed by atoms with E-state index in [0.717, 1.165) is 4.31 Å². The first kappa shape index (κ1) is 14.9. The van der Waals surface area contributed by atoms with Crippen LogP contribution >= 0.6 is 11.6 Å². The van der Waals surface area contributed by atoms with Gasteiger partial charge in [-0.05, 0) is 12.1 Å². The fourth-order valence-corrected chi connectivity index (χ4v) is 2.65. The van der Waals surface area contributed by atoms with Gasteiger partial charge in [0.05, 0.1) is 4.90 Å². The number of nitrogens with one attached hydrogen (secondary N) is 1. The molecule has 6 nitrogen and oxygen atoms in total. The normalized spacial score (nSPS) is 11.6. The molecule has 0 aliphatic rings. The Labute approximate surface area is 111 Å². The van der Waals surface area contributed by atoms with Crippen LogP contribution in [-0.4, -0.2) is 44.3 Å². The number of halogens is 1. The maximum atomic E-state index is 12.1. The lowest BCUT2D eigenvalue weighted by Gasteiger charge is -2.16. The summed E-state index contributed by atoms with van der Waals surface area (Å²) in [7, 11) is -0.728. The van der Waals surface area contributed by atoms with E-state index in [1.165, 1.54) is 32.4 Å². The third-order valence-corrected chi connectivity index (χ3v) is 4.40. The quantitative estimate of drug-likeness (QED) is 0.801. The van der Waals surface area contributed by atoms with Gasteiger partial charge >= 0.3 is 0 Å². The second kappa shape index (κ2) is 6.12. The van der Waals surface area contributed by atoms with E-state index in [2.05, 4.69) is 10.3 Å². The Balaban J connectivity index is 2.83. The lowest BCUT2D eigenvalue weighted by Crippen LogP contribution is -2.31. The average molecular weight is 292 g/mol. The lowest BCUT2D eigenvalue weighted by molar-refractivity contribution is -0.120. The molecule has 1 N–H and O–H groups in total. The van der Waals surface area contributed by atoms with Crippen molar-refractivity contribution in [2.45, 2.75) is 11.3 Å². The van der Waals surface area contributed by atoms with Crippen molar-refractivity contribution in [1.82, 2.24) is 14.6 Å². The van der Waals surface area contributed by atoms with Gasteiger partial charge in [-0.25, -0.2) is 17.7 Å². The zero-order chi connectivity index (χ0) is 13.8. The SMILES string of the molecule is CNC(=O)CCN(C)S(=O)(=O)c1ccnc(Cl)c1. The fraction of sp³-hybridized carbons (Fsp3) is 0.400. The molecule has 0 radical (unpaired) electrons. The molecule has 0 aliphatic heterocycles. The van der Waals surface area contributed by atoms with E-state index in [-0.39, 0.29) is 28.9 Å². The maximum absolute atomic E-state index is 12.1. The van der Waals surface area contributed by atoms with E-state index in [9.17, 15) is 13.2 Å². The molecule has 1 rings (SSSR count). The van der Waals surface area contributed by atoms with E-state index in [1.807, 2.05) is 0 Å². The van der Waals surface area contributed by atoms with Crippen LogP contribution in [0.5, 0.6) is 0 Å². The molecule has 0 spiro atoms. The molecule has 0 fully saturated rings. The summed E-state index contributed by atoms with van der Waals surface area (Å²) in [4.78, 5) is 14.8. The molecule has 0 unspecified atom stereocenters. The number of rotatable bonds is 5. The summed E-state index contributed by atoms with van der Waals surface area (Å²) in [5.74, 6) is -0.218.